The lowest BCUT2D eigenvalue weighted by Crippen LogP contribution is -2.29. The van der Waals surface area contributed by atoms with Crippen molar-refractivity contribution in [1.82, 2.24) is 19.4 Å². The quantitative estimate of drug-likeness (QED) is 0.465. The highest BCUT2D eigenvalue weighted by molar-refractivity contribution is 6.33. The van der Waals surface area contributed by atoms with Crippen LogP contribution < -0.4 is 5.73 Å². The van der Waals surface area contributed by atoms with Gasteiger partial charge in [-0.25, -0.2) is 9.97 Å². The first-order chi connectivity index (χ1) is 15.5. The van der Waals surface area contributed by atoms with Gasteiger partial charge in [0.15, 0.2) is 0 Å². The van der Waals surface area contributed by atoms with Crippen LogP contribution >= 0.6 is 11.6 Å². The highest BCUT2D eigenvalue weighted by Gasteiger charge is 2.28. The SMILES string of the molecule is C#CCN(CC#Cc1cccc(C(N)=O)c1)CC1CCC(n2ccc3c(Cl)ncnc32)C1. The van der Waals surface area contributed by atoms with Crippen LogP contribution in [0, 0.1) is 30.1 Å². The summed E-state index contributed by atoms with van der Waals surface area (Å²) in [5.41, 5.74) is 7.45. The standard InChI is InChI=1S/C25H24ClN5O/c1-2-11-30(12-4-6-18-5-3-7-20(14-18)24(27)32)16-19-8-9-21(15-19)31-13-10-22-23(26)28-17-29-25(22)31/h1,3,5,7,10,13-14,17,19,21H,8-9,11-12,15-16H2,(H2,27,32). The molecular formula is C25H24ClN5O. The highest BCUT2D eigenvalue weighted by atomic mass is 35.5. The zero-order valence-corrected chi connectivity index (χ0v) is 18.4. The van der Waals surface area contributed by atoms with Gasteiger partial charge in [-0.1, -0.05) is 35.4 Å². The van der Waals surface area contributed by atoms with Crippen LogP contribution in [0.4, 0.5) is 0 Å². The number of primary amides is 1. The second-order valence-electron chi connectivity index (χ2n) is 8.08. The summed E-state index contributed by atoms with van der Waals surface area (Å²) >= 11 is 6.20. The maximum atomic E-state index is 11.3. The van der Waals surface area contributed by atoms with Gasteiger partial charge in [0, 0.05) is 29.9 Å². The Balaban J connectivity index is 1.39. The molecule has 2 unspecified atom stereocenters. The summed E-state index contributed by atoms with van der Waals surface area (Å²) in [7, 11) is 0. The van der Waals surface area contributed by atoms with Gasteiger partial charge >= 0.3 is 0 Å². The van der Waals surface area contributed by atoms with Crippen LogP contribution in [0.1, 0.15) is 41.2 Å². The minimum Gasteiger partial charge on any atom is -0.366 e. The third-order valence-corrected chi connectivity index (χ3v) is 6.18. The third kappa shape index (κ3) is 4.94. The van der Waals surface area contributed by atoms with E-state index in [1.165, 1.54) is 6.33 Å². The molecule has 2 heterocycles. The molecule has 3 aromatic rings. The maximum absolute atomic E-state index is 11.3. The zero-order valence-electron chi connectivity index (χ0n) is 17.7. The van der Waals surface area contributed by atoms with Gasteiger partial charge in [-0.15, -0.1) is 6.42 Å². The summed E-state index contributed by atoms with van der Waals surface area (Å²) in [6.45, 7) is 2.01. The Hall–Kier alpha value is -3.32. The number of nitrogens with zero attached hydrogens (tertiary/aromatic N) is 4. The van der Waals surface area contributed by atoms with Gasteiger partial charge in [0.1, 0.15) is 17.1 Å². The number of hydrogen-bond donors (Lipinski definition) is 1. The topological polar surface area (TPSA) is 77.0 Å². The van der Waals surface area contributed by atoms with E-state index in [1.54, 1.807) is 18.2 Å². The van der Waals surface area contributed by atoms with E-state index in [9.17, 15) is 4.79 Å². The van der Waals surface area contributed by atoms with E-state index in [0.717, 1.165) is 42.4 Å². The van der Waals surface area contributed by atoms with Crippen molar-refractivity contribution in [1.29, 1.82) is 0 Å². The van der Waals surface area contributed by atoms with Crippen LogP contribution in [-0.2, 0) is 0 Å². The number of aromatic nitrogens is 3. The van der Waals surface area contributed by atoms with E-state index in [0.29, 0.717) is 35.8 Å². The molecule has 7 heteroatoms. The van der Waals surface area contributed by atoms with Crippen molar-refractivity contribution < 1.29 is 4.79 Å². The summed E-state index contributed by atoms with van der Waals surface area (Å²) in [6.07, 6.45) is 12.4. The number of rotatable bonds is 6. The van der Waals surface area contributed by atoms with Gasteiger partial charge in [-0.2, -0.15) is 0 Å². The lowest BCUT2D eigenvalue weighted by molar-refractivity contribution is 0.1000. The lowest BCUT2D eigenvalue weighted by Gasteiger charge is -2.21. The average Bonchev–Trinajstić information content (AvgIpc) is 3.41. The molecule has 0 radical (unpaired) electrons. The van der Waals surface area contributed by atoms with E-state index in [1.807, 2.05) is 12.1 Å². The summed E-state index contributed by atoms with van der Waals surface area (Å²) in [4.78, 5) is 22.0. The second-order valence-corrected chi connectivity index (χ2v) is 8.44. The van der Waals surface area contributed by atoms with Gasteiger partial charge in [-0.3, -0.25) is 9.69 Å². The van der Waals surface area contributed by atoms with Gasteiger partial charge in [0.05, 0.1) is 18.5 Å². The van der Waals surface area contributed by atoms with Crippen molar-refractivity contribution >= 4 is 28.5 Å². The van der Waals surface area contributed by atoms with E-state index in [2.05, 4.69) is 43.4 Å². The van der Waals surface area contributed by atoms with Gasteiger partial charge in [0.2, 0.25) is 5.91 Å². The van der Waals surface area contributed by atoms with E-state index >= 15 is 0 Å². The Labute approximate surface area is 192 Å². The fraction of sp³-hybridized carbons (Fsp3) is 0.320. The Kier molecular flexibility index (Phi) is 6.75. The van der Waals surface area contributed by atoms with Crippen molar-refractivity contribution in [2.45, 2.75) is 25.3 Å². The molecule has 1 aliphatic rings. The smallest absolute Gasteiger partial charge is 0.248 e. The number of hydrogen-bond acceptors (Lipinski definition) is 4. The molecule has 4 rings (SSSR count). The van der Waals surface area contributed by atoms with Crippen LogP contribution in [0.2, 0.25) is 5.15 Å². The van der Waals surface area contributed by atoms with E-state index < -0.39 is 5.91 Å². The predicted molar refractivity (Wildman–Crippen MR) is 126 cm³/mol. The summed E-state index contributed by atoms with van der Waals surface area (Å²) < 4.78 is 2.22. The molecule has 1 amide bonds. The summed E-state index contributed by atoms with van der Waals surface area (Å²) in [6, 6.07) is 9.41. The second kappa shape index (κ2) is 9.87. The van der Waals surface area contributed by atoms with Crippen molar-refractivity contribution in [3.63, 3.8) is 0 Å². The fourth-order valence-corrected chi connectivity index (χ4v) is 4.58. The first-order valence-corrected chi connectivity index (χ1v) is 10.9. The van der Waals surface area contributed by atoms with E-state index in [4.69, 9.17) is 23.8 Å². The zero-order chi connectivity index (χ0) is 22.5. The molecule has 1 aromatic carbocycles. The maximum Gasteiger partial charge on any atom is 0.248 e. The van der Waals surface area contributed by atoms with Crippen molar-refractivity contribution in [2.75, 3.05) is 19.6 Å². The number of carbonyl (C=O) groups is 1. The highest BCUT2D eigenvalue weighted by Crippen LogP contribution is 2.37. The minimum absolute atomic E-state index is 0.388. The number of carbonyl (C=O) groups excluding carboxylic acids is 1. The van der Waals surface area contributed by atoms with Crippen LogP contribution in [0.25, 0.3) is 11.0 Å². The number of halogens is 1. The number of terminal acetylenes is 1. The molecule has 0 spiro atoms. The largest absolute Gasteiger partial charge is 0.366 e. The first-order valence-electron chi connectivity index (χ1n) is 10.6. The Bertz CT molecular complexity index is 1230. The van der Waals surface area contributed by atoms with Crippen LogP contribution in [-0.4, -0.2) is 45.0 Å². The van der Waals surface area contributed by atoms with Crippen LogP contribution in [0.3, 0.4) is 0 Å². The molecule has 0 aliphatic heterocycles. The van der Waals surface area contributed by atoms with Gasteiger partial charge < -0.3 is 10.3 Å². The van der Waals surface area contributed by atoms with Crippen LogP contribution in [0.5, 0.6) is 0 Å². The minimum atomic E-state index is -0.456. The monoisotopic (exact) mass is 445 g/mol. The number of fused-ring (bicyclic) bond motifs is 1. The van der Waals surface area contributed by atoms with Crippen molar-refractivity contribution in [3.05, 3.63) is 59.1 Å². The molecule has 2 aromatic heterocycles. The van der Waals surface area contributed by atoms with Crippen LogP contribution in [0.15, 0.2) is 42.9 Å². The van der Waals surface area contributed by atoms with Crippen molar-refractivity contribution in [2.24, 2.45) is 11.7 Å². The third-order valence-electron chi connectivity index (χ3n) is 5.88. The fourth-order valence-electron chi connectivity index (χ4n) is 4.38. The summed E-state index contributed by atoms with van der Waals surface area (Å²) in [5.74, 6) is 9.12. The first kappa shape index (κ1) is 21.9. The van der Waals surface area contributed by atoms with Gasteiger partial charge in [0.25, 0.3) is 0 Å². The molecule has 6 nitrogen and oxygen atoms in total. The number of nitrogens with two attached hydrogens (primary N) is 1. The molecule has 162 valence electrons. The van der Waals surface area contributed by atoms with Gasteiger partial charge in [-0.05, 0) is 49.4 Å². The lowest BCUT2D eigenvalue weighted by atomic mass is 10.1. The van der Waals surface area contributed by atoms with Crippen molar-refractivity contribution in [3.8, 4) is 24.2 Å². The Morgan fingerprint density at radius 3 is 2.97 bits per heavy atom. The predicted octanol–water partition coefficient (Wildman–Crippen LogP) is 3.51. The molecule has 1 fully saturated rings. The number of benzene rings is 1. The van der Waals surface area contributed by atoms with E-state index in [-0.39, 0.29) is 0 Å². The number of amides is 1. The molecular weight excluding hydrogens is 422 g/mol. The molecule has 0 saturated heterocycles. The summed E-state index contributed by atoms with van der Waals surface area (Å²) in [5, 5.41) is 1.38. The normalized spacial score (nSPS) is 17.8. The molecule has 0 bridgehead atoms. The molecule has 1 aliphatic carbocycles. The molecule has 32 heavy (non-hydrogen) atoms. The molecule has 2 atom stereocenters. The Morgan fingerprint density at radius 2 is 2.16 bits per heavy atom. The average molecular weight is 446 g/mol. The molecule has 1 saturated carbocycles. The Morgan fingerprint density at radius 1 is 1.28 bits per heavy atom. The molecule has 2 N–H and O–H groups in total.